The molecule has 2 rings (SSSR count). The van der Waals surface area contributed by atoms with Crippen LogP contribution in [0, 0.1) is 11.3 Å². The van der Waals surface area contributed by atoms with Gasteiger partial charge in [-0.1, -0.05) is 37.9 Å². The first-order valence-corrected chi connectivity index (χ1v) is 9.29. The van der Waals surface area contributed by atoms with Crippen molar-refractivity contribution in [3.8, 4) is 0 Å². The number of halogens is 5. The monoisotopic (exact) mass is 453 g/mol. The minimum atomic E-state index is -2.48. The largest absolute Gasteiger partial charge is 0.299 e. The van der Waals surface area contributed by atoms with E-state index < -0.39 is 5.92 Å². The highest BCUT2D eigenvalue weighted by atomic mass is 79.9. The fourth-order valence-electron chi connectivity index (χ4n) is 2.27. The zero-order chi connectivity index (χ0) is 19.4. The summed E-state index contributed by atoms with van der Waals surface area (Å²) in [6.45, 7) is 6.58. The van der Waals surface area contributed by atoms with Crippen LogP contribution < -0.4 is 0 Å². The van der Waals surface area contributed by atoms with Gasteiger partial charge in [0.1, 0.15) is 5.15 Å². The van der Waals surface area contributed by atoms with E-state index in [1.165, 1.54) is 0 Å². The zero-order valence-electron chi connectivity index (χ0n) is 14.4. The lowest BCUT2D eigenvalue weighted by molar-refractivity contribution is -0.00167. The fourth-order valence-corrected chi connectivity index (χ4v) is 3.20. The van der Waals surface area contributed by atoms with E-state index in [0.29, 0.717) is 27.0 Å². The van der Waals surface area contributed by atoms with E-state index in [2.05, 4.69) is 25.9 Å². The van der Waals surface area contributed by atoms with Crippen LogP contribution in [0.3, 0.4) is 0 Å². The lowest BCUT2D eigenvalue weighted by atomic mass is 9.95. The Hall–Kier alpha value is -0.850. The third-order valence-electron chi connectivity index (χ3n) is 3.60. The van der Waals surface area contributed by atoms with Gasteiger partial charge in [-0.25, -0.2) is 18.7 Å². The molecule has 3 nitrogen and oxygen atoms in total. The Bertz CT molecular complexity index is 713. The highest BCUT2D eigenvalue weighted by Crippen LogP contribution is 2.36. The standard InChI is InChI=1S/C10H6BrCl2N3.C7H14F2/c1-2-4-7-6(3-5(11)8(4)14)15-10(13)16-9(7)12;1-4-6(2)5-7(3,8)9/h2-3,14H,1H3;6H,4-5H2,1-3H3/b4-2-,14-8?;. The number of nitrogens with one attached hydrogen (secondary N) is 1. The molecule has 25 heavy (non-hydrogen) atoms. The summed E-state index contributed by atoms with van der Waals surface area (Å²) >= 11 is 15.1. The van der Waals surface area contributed by atoms with E-state index in [4.69, 9.17) is 28.6 Å². The molecule has 0 spiro atoms. The second-order valence-corrected chi connectivity index (χ2v) is 7.45. The molecule has 1 aliphatic rings. The molecule has 1 unspecified atom stereocenters. The summed E-state index contributed by atoms with van der Waals surface area (Å²) in [5.74, 6) is -2.33. The van der Waals surface area contributed by atoms with Gasteiger partial charge in [0.2, 0.25) is 11.2 Å². The van der Waals surface area contributed by atoms with Crippen LogP contribution in [0.1, 0.15) is 51.8 Å². The summed E-state index contributed by atoms with van der Waals surface area (Å²) in [5, 5.41) is 8.27. The van der Waals surface area contributed by atoms with E-state index in [1.54, 1.807) is 12.2 Å². The van der Waals surface area contributed by atoms with Gasteiger partial charge in [-0.05, 0) is 53.4 Å². The third-order valence-corrected chi connectivity index (χ3v) is 4.67. The fraction of sp³-hybridized carbons (Fsp3) is 0.471. The van der Waals surface area contributed by atoms with Gasteiger partial charge in [0.25, 0.3) is 0 Å². The van der Waals surface area contributed by atoms with E-state index in [0.717, 1.165) is 13.3 Å². The molecule has 0 fully saturated rings. The lowest BCUT2D eigenvalue weighted by Crippen LogP contribution is -2.13. The number of allylic oxidation sites excluding steroid dienone is 3. The van der Waals surface area contributed by atoms with Crippen LogP contribution in [-0.2, 0) is 0 Å². The number of rotatable bonds is 3. The molecule has 0 bridgehead atoms. The van der Waals surface area contributed by atoms with E-state index in [1.807, 2.05) is 20.8 Å². The van der Waals surface area contributed by atoms with E-state index in [-0.39, 0.29) is 22.8 Å². The molecule has 1 heterocycles. The van der Waals surface area contributed by atoms with Gasteiger partial charge in [-0.3, -0.25) is 5.41 Å². The molecule has 1 N–H and O–H groups in total. The first-order chi connectivity index (χ1) is 11.5. The maximum atomic E-state index is 12.2. The van der Waals surface area contributed by atoms with Crippen LogP contribution in [0.25, 0.3) is 11.6 Å². The van der Waals surface area contributed by atoms with Crippen LogP contribution in [-0.4, -0.2) is 21.6 Å². The van der Waals surface area contributed by atoms with Crippen molar-refractivity contribution in [3.05, 3.63) is 32.3 Å². The Balaban J connectivity index is 0.000000299. The zero-order valence-corrected chi connectivity index (χ0v) is 17.5. The summed E-state index contributed by atoms with van der Waals surface area (Å²) in [6.07, 6.45) is 4.37. The number of hydrogen-bond acceptors (Lipinski definition) is 3. The molecule has 0 amide bonds. The average molecular weight is 455 g/mol. The van der Waals surface area contributed by atoms with Crippen LogP contribution in [0.2, 0.25) is 10.4 Å². The van der Waals surface area contributed by atoms with Crippen LogP contribution >= 0.6 is 39.1 Å². The minimum absolute atomic E-state index is 0.0174. The predicted octanol–water partition coefficient (Wildman–Crippen LogP) is 7.03. The molecular weight excluding hydrogens is 435 g/mol. The quantitative estimate of drug-likeness (QED) is 0.393. The summed E-state index contributed by atoms with van der Waals surface area (Å²) in [6, 6.07) is 0. The molecular formula is C17H20BrCl2F2N3. The summed E-state index contributed by atoms with van der Waals surface area (Å²) < 4.78 is 25.0. The molecule has 0 aromatic carbocycles. The minimum Gasteiger partial charge on any atom is -0.299 e. The summed E-state index contributed by atoms with van der Waals surface area (Å²) in [7, 11) is 0. The van der Waals surface area contributed by atoms with Crippen molar-refractivity contribution in [3.63, 3.8) is 0 Å². The van der Waals surface area contributed by atoms with Gasteiger partial charge >= 0.3 is 0 Å². The lowest BCUT2D eigenvalue weighted by Gasteiger charge is -2.17. The summed E-state index contributed by atoms with van der Waals surface area (Å²) in [5.41, 5.74) is 2.34. The van der Waals surface area contributed by atoms with Crippen LogP contribution in [0.4, 0.5) is 8.78 Å². The first kappa shape index (κ1) is 22.2. The Kier molecular flexibility index (Phi) is 8.16. The Morgan fingerprint density at radius 3 is 2.40 bits per heavy atom. The Morgan fingerprint density at radius 2 is 1.96 bits per heavy atom. The van der Waals surface area contributed by atoms with Gasteiger partial charge in [0.15, 0.2) is 0 Å². The van der Waals surface area contributed by atoms with E-state index >= 15 is 0 Å². The van der Waals surface area contributed by atoms with Gasteiger partial charge in [0.05, 0.1) is 11.4 Å². The maximum absolute atomic E-state index is 12.2. The van der Waals surface area contributed by atoms with Crippen molar-refractivity contribution in [1.29, 1.82) is 5.41 Å². The predicted molar refractivity (Wildman–Crippen MR) is 105 cm³/mol. The molecule has 138 valence electrons. The number of hydrogen-bond donors (Lipinski definition) is 1. The highest BCUT2D eigenvalue weighted by molar-refractivity contribution is 9.12. The van der Waals surface area contributed by atoms with Crippen molar-refractivity contribution in [2.24, 2.45) is 5.92 Å². The van der Waals surface area contributed by atoms with Crippen molar-refractivity contribution >= 4 is 56.5 Å². The molecule has 0 saturated carbocycles. The molecule has 1 atom stereocenters. The molecule has 8 heteroatoms. The highest BCUT2D eigenvalue weighted by Gasteiger charge is 2.24. The maximum Gasteiger partial charge on any atom is 0.245 e. The molecule has 1 aromatic heterocycles. The number of nitrogens with zero attached hydrogens (tertiary/aromatic N) is 2. The molecule has 1 aromatic rings. The van der Waals surface area contributed by atoms with Crippen LogP contribution in [0.15, 0.2) is 10.6 Å². The van der Waals surface area contributed by atoms with E-state index in [9.17, 15) is 8.78 Å². The number of fused-ring (bicyclic) bond motifs is 1. The average Bonchev–Trinajstić information content (AvgIpc) is 2.48. The Labute approximate surface area is 165 Å². The molecule has 1 aliphatic carbocycles. The molecule has 0 saturated heterocycles. The van der Waals surface area contributed by atoms with Crippen molar-refractivity contribution in [2.45, 2.75) is 46.5 Å². The van der Waals surface area contributed by atoms with Gasteiger partial charge in [0, 0.05) is 22.0 Å². The Morgan fingerprint density at radius 1 is 1.36 bits per heavy atom. The van der Waals surface area contributed by atoms with Gasteiger partial charge < -0.3 is 0 Å². The van der Waals surface area contributed by atoms with Gasteiger partial charge in [-0.2, -0.15) is 0 Å². The first-order valence-electron chi connectivity index (χ1n) is 7.74. The summed E-state index contributed by atoms with van der Waals surface area (Å²) in [4.78, 5) is 7.97. The molecule has 0 radical (unpaired) electrons. The normalized spacial score (nSPS) is 16.8. The molecule has 0 aliphatic heterocycles. The topological polar surface area (TPSA) is 49.6 Å². The smallest absolute Gasteiger partial charge is 0.245 e. The second-order valence-electron chi connectivity index (χ2n) is 5.90. The van der Waals surface area contributed by atoms with Crippen LogP contribution in [0.5, 0.6) is 0 Å². The van der Waals surface area contributed by atoms with Gasteiger partial charge in [-0.15, -0.1) is 0 Å². The second kappa shape index (κ2) is 9.19. The SMILES string of the molecule is C/C=C1\C(=N)C(Br)=Cc2nc(Cl)nc(Cl)c21.CCC(C)CC(C)(F)F. The number of alkyl halides is 2. The van der Waals surface area contributed by atoms with Crippen molar-refractivity contribution in [2.75, 3.05) is 0 Å². The number of aromatic nitrogens is 2. The van der Waals surface area contributed by atoms with Crippen molar-refractivity contribution < 1.29 is 8.78 Å². The van der Waals surface area contributed by atoms with Crippen molar-refractivity contribution in [1.82, 2.24) is 9.97 Å². The third kappa shape index (κ3) is 6.42.